The lowest BCUT2D eigenvalue weighted by Crippen LogP contribution is -2.27. The van der Waals surface area contributed by atoms with Gasteiger partial charge in [0.1, 0.15) is 5.52 Å². The van der Waals surface area contributed by atoms with Crippen molar-refractivity contribution in [2.75, 3.05) is 5.32 Å². The summed E-state index contributed by atoms with van der Waals surface area (Å²) in [6.45, 7) is 6.52. The molecular formula is C18H26N2O. The minimum Gasteiger partial charge on any atom is -0.440 e. The smallest absolute Gasteiger partial charge is 0.198 e. The summed E-state index contributed by atoms with van der Waals surface area (Å²) < 4.78 is 5.77. The van der Waals surface area contributed by atoms with Gasteiger partial charge in [-0.2, -0.15) is 0 Å². The zero-order chi connectivity index (χ0) is 14.8. The first kappa shape index (κ1) is 14.4. The fourth-order valence-electron chi connectivity index (χ4n) is 3.30. The van der Waals surface area contributed by atoms with Crippen LogP contribution >= 0.6 is 0 Å². The van der Waals surface area contributed by atoms with Crippen LogP contribution in [0.1, 0.15) is 64.7 Å². The lowest BCUT2D eigenvalue weighted by molar-refractivity contribution is 0.328. The highest BCUT2D eigenvalue weighted by Crippen LogP contribution is 2.29. The third kappa shape index (κ3) is 3.22. The van der Waals surface area contributed by atoms with Crippen LogP contribution in [-0.4, -0.2) is 11.0 Å². The number of nitrogens with one attached hydrogen (secondary N) is 1. The van der Waals surface area contributed by atoms with E-state index in [0.717, 1.165) is 28.6 Å². The number of aromatic nitrogens is 1. The first-order chi connectivity index (χ1) is 10.1. The van der Waals surface area contributed by atoms with Crippen LogP contribution in [0.3, 0.4) is 0 Å². The van der Waals surface area contributed by atoms with Crippen LogP contribution in [0.4, 0.5) is 5.69 Å². The highest BCUT2D eigenvalue weighted by molar-refractivity contribution is 5.77. The molecule has 1 saturated carbocycles. The fraction of sp³-hybridized carbons (Fsp3) is 0.611. The average molecular weight is 286 g/mol. The fourth-order valence-corrected chi connectivity index (χ4v) is 3.30. The first-order valence-electron chi connectivity index (χ1n) is 8.30. The summed E-state index contributed by atoms with van der Waals surface area (Å²) in [5.74, 6) is 1.95. The summed E-state index contributed by atoms with van der Waals surface area (Å²) >= 11 is 0. The van der Waals surface area contributed by atoms with Crippen molar-refractivity contribution >= 4 is 16.8 Å². The molecule has 21 heavy (non-hydrogen) atoms. The number of hydrogen-bond donors (Lipinski definition) is 1. The normalized spacial score (nSPS) is 18.3. The third-order valence-corrected chi connectivity index (χ3v) is 4.65. The molecule has 0 aliphatic heterocycles. The van der Waals surface area contributed by atoms with E-state index >= 15 is 0 Å². The maximum Gasteiger partial charge on any atom is 0.198 e. The lowest BCUT2D eigenvalue weighted by Gasteiger charge is -2.29. The van der Waals surface area contributed by atoms with E-state index in [9.17, 15) is 0 Å². The Kier molecular flexibility index (Phi) is 4.18. The quantitative estimate of drug-likeness (QED) is 0.825. The van der Waals surface area contributed by atoms with Gasteiger partial charge in [0, 0.05) is 17.6 Å². The monoisotopic (exact) mass is 286 g/mol. The molecule has 1 aliphatic carbocycles. The van der Waals surface area contributed by atoms with E-state index < -0.39 is 0 Å². The first-order valence-corrected chi connectivity index (χ1v) is 8.30. The van der Waals surface area contributed by atoms with Gasteiger partial charge in [-0.1, -0.05) is 33.1 Å². The van der Waals surface area contributed by atoms with E-state index in [-0.39, 0.29) is 0 Å². The van der Waals surface area contributed by atoms with Crippen molar-refractivity contribution in [2.45, 2.75) is 64.8 Å². The van der Waals surface area contributed by atoms with E-state index in [1.807, 2.05) is 6.07 Å². The summed E-state index contributed by atoms with van der Waals surface area (Å²) in [6, 6.07) is 6.78. The summed E-state index contributed by atoms with van der Waals surface area (Å²) in [7, 11) is 0. The molecular weight excluding hydrogens is 260 g/mol. The number of hydrogen-bond acceptors (Lipinski definition) is 3. The molecule has 1 fully saturated rings. The van der Waals surface area contributed by atoms with E-state index in [2.05, 4.69) is 43.2 Å². The standard InChI is InChI=1S/C18H26N2O/c1-12(2)18-20-16-11-15(9-10-17(16)21-18)19-13(3)14-7-5-4-6-8-14/h9-14,19H,4-8H2,1-3H3. The molecule has 1 heterocycles. The van der Waals surface area contributed by atoms with Crippen molar-refractivity contribution < 1.29 is 4.42 Å². The molecule has 1 aliphatic rings. The number of benzene rings is 1. The van der Waals surface area contributed by atoms with Crippen LogP contribution in [0.15, 0.2) is 22.6 Å². The van der Waals surface area contributed by atoms with E-state index in [4.69, 9.17) is 4.42 Å². The molecule has 1 aromatic carbocycles. The van der Waals surface area contributed by atoms with Crippen LogP contribution in [0.5, 0.6) is 0 Å². The van der Waals surface area contributed by atoms with Gasteiger partial charge in [0.2, 0.25) is 0 Å². The minimum absolute atomic E-state index is 0.329. The van der Waals surface area contributed by atoms with E-state index in [1.165, 1.54) is 32.1 Å². The van der Waals surface area contributed by atoms with Gasteiger partial charge < -0.3 is 9.73 Å². The Labute approximate surface area is 127 Å². The maximum absolute atomic E-state index is 5.77. The van der Waals surface area contributed by atoms with Gasteiger partial charge >= 0.3 is 0 Å². The lowest BCUT2D eigenvalue weighted by atomic mass is 9.84. The molecule has 3 nitrogen and oxygen atoms in total. The number of anilines is 1. The van der Waals surface area contributed by atoms with Gasteiger partial charge in [-0.3, -0.25) is 0 Å². The van der Waals surface area contributed by atoms with Crippen LogP contribution in [0.25, 0.3) is 11.1 Å². The zero-order valence-corrected chi connectivity index (χ0v) is 13.4. The highest BCUT2D eigenvalue weighted by atomic mass is 16.3. The van der Waals surface area contributed by atoms with Crippen molar-refractivity contribution in [1.82, 2.24) is 4.98 Å². The summed E-state index contributed by atoms with van der Waals surface area (Å²) in [5, 5.41) is 3.66. The van der Waals surface area contributed by atoms with Crippen LogP contribution in [0.2, 0.25) is 0 Å². The number of rotatable bonds is 4. The predicted octanol–water partition coefficient (Wildman–Crippen LogP) is 5.33. The molecule has 3 heteroatoms. The molecule has 1 N–H and O–H groups in total. The Morgan fingerprint density at radius 3 is 2.62 bits per heavy atom. The topological polar surface area (TPSA) is 38.1 Å². The number of nitrogens with zero attached hydrogens (tertiary/aromatic N) is 1. The minimum atomic E-state index is 0.329. The molecule has 0 spiro atoms. The highest BCUT2D eigenvalue weighted by Gasteiger charge is 2.20. The molecule has 2 aromatic rings. The van der Waals surface area contributed by atoms with Gasteiger partial charge in [-0.05, 0) is 43.9 Å². The number of oxazole rings is 1. The van der Waals surface area contributed by atoms with Crippen LogP contribution in [0, 0.1) is 5.92 Å². The Balaban J connectivity index is 1.74. The van der Waals surface area contributed by atoms with Gasteiger partial charge in [0.05, 0.1) is 0 Å². The van der Waals surface area contributed by atoms with E-state index in [0.29, 0.717) is 12.0 Å². The Morgan fingerprint density at radius 2 is 1.90 bits per heavy atom. The zero-order valence-electron chi connectivity index (χ0n) is 13.4. The van der Waals surface area contributed by atoms with Crippen molar-refractivity contribution in [3.05, 3.63) is 24.1 Å². The van der Waals surface area contributed by atoms with Crippen LogP contribution in [-0.2, 0) is 0 Å². The largest absolute Gasteiger partial charge is 0.440 e. The van der Waals surface area contributed by atoms with Gasteiger partial charge in [-0.15, -0.1) is 0 Å². The molecule has 0 amide bonds. The van der Waals surface area contributed by atoms with Gasteiger partial charge in [-0.25, -0.2) is 4.98 Å². The molecule has 0 saturated heterocycles. The molecule has 1 aromatic heterocycles. The molecule has 1 unspecified atom stereocenters. The summed E-state index contributed by atoms with van der Waals surface area (Å²) in [6.07, 6.45) is 6.90. The average Bonchev–Trinajstić information content (AvgIpc) is 2.91. The third-order valence-electron chi connectivity index (χ3n) is 4.65. The molecule has 0 bridgehead atoms. The predicted molar refractivity (Wildman–Crippen MR) is 87.8 cm³/mol. The molecule has 3 rings (SSSR count). The Bertz CT molecular complexity index is 596. The maximum atomic E-state index is 5.77. The van der Waals surface area contributed by atoms with Crippen LogP contribution < -0.4 is 5.32 Å². The molecule has 0 radical (unpaired) electrons. The Hall–Kier alpha value is -1.51. The van der Waals surface area contributed by atoms with Crippen molar-refractivity contribution in [3.8, 4) is 0 Å². The van der Waals surface area contributed by atoms with Crippen molar-refractivity contribution in [2.24, 2.45) is 5.92 Å². The second-order valence-electron chi connectivity index (χ2n) is 6.72. The van der Waals surface area contributed by atoms with Gasteiger partial charge in [0.15, 0.2) is 11.5 Å². The Morgan fingerprint density at radius 1 is 1.14 bits per heavy atom. The van der Waals surface area contributed by atoms with E-state index in [1.54, 1.807) is 0 Å². The molecule has 1 atom stereocenters. The summed E-state index contributed by atoms with van der Waals surface area (Å²) in [4.78, 5) is 4.59. The summed E-state index contributed by atoms with van der Waals surface area (Å²) in [5.41, 5.74) is 3.00. The van der Waals surface area contributed by atoms with Gasteiger partial charge in [0.25, 0.3) is 0 Å². The van der Waals surface area contributed by atoms with Crippen molar-refractivity contribution in [3.63, 3.8) is 0 Å². The second-order valence-corrected chi connectivity index (χ2v) is 6.72. The number of fused-ring (bicyclic) bond motifs is 1. The SMILES string of the molecule is CC(C)c1nc2cc(NC(C)C3CCCCC3)ccc2o1. The van der Waals surface area contributed by atoms with Crippen molar-refractivity contribution in [1.29, 1.82) is 0 Å². The second kappa shape index (κ2) is 6.08. The molecule has 114 valence electrons.